The average Bonchev–Trinajstić information content (AvgIpc) is 2.85. The summed E-state index contributed by atoms with van der Waals surface area (Å²) in [5.41, 5.74) is 0.199. The molecule has 18 heavy (non-hydrogen) atoms. The molecule has 2 amide bonds. The smallest absolute Gasteiger partial charge is 0.273 e. The Balaban J connectivity index is 2.05. The van der Waals surface area contributed by atoms with E-state index in [0.29, 0.717) is 5.13 Å². The first kappa shape index (κ1) is 12.9. The summed E-state index contributed by atoms with van der Waals surface area (Å²) in [4.78, 5) is 28.1. The number of thiazole rings is 1. The molecule has 1 aromatic rings. The van der Waals surface area contributed by atoms with Gasteiger partial charge in [-0.25, -0.2) is 4.98 Å². The van der Waals surface area contributed by atoms with Gasteiger partial charge in [-0.2, -0.15) is 0 Å². The lowest BCUT2D eigenvalue weighted by atomic mass is 10.3. The van der Waals surface area contributed by atoms with E-state index in [0.717, 1.165) is 11.3 Å². The molecule has 98 valence electrons. The van der Waals surface area contributed by atoms with E-state index < -0.39 is 12.2 Å². The molecule has 1 aliphatic rings. The minimum atomic E-state index is -0.914. The lowest BCUT2D eigenvalue weighted by molar-refractivity contribution is -0.114. The second-order valence-electron chi connectivity index (χ2n) is 4.06. The van der Waals surface area contributed by atoms with Crippen LogP contribution < -0.4 is 5.32 Å². The van der Waals surface area contributed by atoms with Crippen molar-refractivity contribution < 1.29 is 19.8 Å². The Hall–Kier alpha value is -1.51. The first-order valence-corrected chi connectivity index (χ1v) is 6.24. The van der Waals surface area contributed by atoms with Crippen LogP contribution in [0.25, 0.3) is 0 Å². The molecule has 0 saturated carbocycles. The number of hydrogen-bond donors (Lipinski definition) is 3. The third-order valence-corrected chi connectivity index (χ3v) is 3.31. The molecule has 1 saturated heterocycles. The van der Waals surface area contributed by atoms with Crippen LogP contribution in [-0.2, 0) is 4.79 Å². The Morgan fingerprint density at radius 2 is 2.06 bits per heavy atom. The van der Waals surface area contributed by atoms with Crippen molar-refractivity contribution in [1.82, 2.24) is 9.88 Å². The zero-order valence-corrected chi connectivity index (χ0v) is 10.5. The number of nitrogens with one attached hydrogen (secondary N) is 1. The Bertz CT molecular complexity index is 465. The van der Waals surface area contributed by atoms with Gasteiger partial charge in [-0.15, -0.1) is 11.3 Å². The molecule has 8 heteroatoms. The molecular weight excluding hydrogens is 258 g/mol. The highest BCUT2D eigenvalue weighted by atomic mass is 32.1. The maximum Gasteiger partial charge on any atom is 0.273 e. The number of carbonyl (C=O) groups is 2. The SMILES string of the molecule is CC(=O)Nc1nc(C(=O)N2C[C@@H](O)[C@@H](O)C2)cs1. The number of amides is 2. The number of rotatable bonds is 2. The fourth-order valence-corrected chi connectivity index (χ4v) is 2.41. The lowest BCUT2D eigenvalue weighted by Crippen LogP contribution is -2.30. The summed E-state index contributed by atoms with van der Waals surface area (Å²) in [6, 6.07) is 0. The van der Waals surface area contributed by atoms with Crippen molar-refractivity contribution in [3.63, 3.8) is 0 Å². The van der Waals surface area contributed by atoms with Gasteiger partial charge in [-0.3, -0.25) is 9.59 Å². The standard InChI is InChI=1S/C10H13N3O4S/c1-5(14)11-10-12-6(4-18-10)9(17)13-2-7(15)8(16)3-13/h4,7-8,15-16H,2-3H2,1H3,(H,11,12,14)/t7-,8+. The van der Waals surface area contributed by atoms with Gasteiger partial charge in [-0.05, 0) is 0 Å². The van der Waals surface area contributed by atoms with Crippen LogP contribution in [-0.4, -0.2) is 57.2 Å². The summed E-state index contributed by atoms with van der Waals surface area (Å²) < 4.78 is 0. The molecule has 0 unspecified atom stereocenters. The molecule has 0 aromatic carbocycles. The molecule has 7 nitrogen and oxygen atoms in total. The first-order valence-electron chi connectivity index (χ1n) is 5.36. The Kier molecular flexibility index (Phi) is 3.60. The van der Waals surface area contributed by atoms with E-state index in [2.05, 4.69) is 10.3 Å². The number of hydrogen-bond acceptors (Lipinski definition) is 6. The molecule has 2 heterocycles. The van der Waals surface area contributed by atoms with Crippen molar-refractivity contribution >= 4 is 28.3 Å². The minimum absolute atomic E-state index is 0.0903. The highest BCUT2D eigenvalue weighted by Crippen LogP contribution is 2.19. The summed E-state index contributed by atoms with van der Waals surface area (Å²) in [6.45, 7) is 1.54. The van der Waals surface area contributed by atoms with E-state index in [1.807, 2.05) is 0 Å². The van der Waals surface area contributed by atoms with Gasteiger partial charge < -0.3 is 20.4 Å². The van der Waals surface area contributed by atoms with Gasteiger partial charge in [0.15, 0.2) is 5.13 Å². The highest BCUT2D eigenvalue weighted by molar-refractivity contribution is 7.14. The Morgan fingerprint density at radius 1 is 1.44 bits per heavy atom. The molecule has 0 radical (unpaired) electrons. The van der Waals surface area contributed by atoms with Gasteiger partial charge in [0, 0.05) is 25.4 Å². The number of aliphatic hydroxyl groups excluding tert-OH is 2. The third kappa shape index (κ3) is 2.66. The van der Waals surface area contributed by atoms with Crippen molar-refractivity contribution in [3.05, 3.63) is 11.1 Å². The fourth-order valence-electron chi connectivity index (χ4n) is 1.68. The van der Waals surface area contributed by atoms with Gasteiger partial charge in [0.05, 0.1) is 12.2 Å². The molecule has 3 N–H and O–H groups in total. The molecular formula is C10H13N3O4S. The number of nitrogens with zero attached hydrogens (tertiary/aromatic N) is 2. The average molecular weight is 271 g/mol. The van der Waals surface area contributed by atoms with E-state index in [1.54, 1.807) is 0 Å². The number of likely N-dealkylation sites (tertiary alicyclic amines) is 1. The van der Waals surface area contributed by atoms with Crippen LogP contribution in [0, 0.1) is 0 Å². The second kappa shape index (κ2) is 5.01. The molecule has 1 fully saturated rings. The zero-order valence-electron chi connectivity index (χ0n) is 9.66. The van der Waals surface area contributed by atoms with E-state index >= 15 is 0 Å². The van der Waals surface area contributed by atoms with Crippen molar-refractivity contribution in [2.75, 3.05) is 18.4 Å². The molecule has 0 spiro atoms. The number of aliphatic hydroxyl groups is 2. The van der Waals surface area contributed by atoms with Crippen molar-refractivity contribution in [2.45, 2.75) is 19.1 Å². The summed E-state index contributed by atoms with van der Waals surface area (Å²) in [5, 5.41) is 23.1. The lowest BCUT2D eigenvalue weighted by Gasteiger charge is -2.13. The van der Waals surface area contributed by atoms with Gasteiger partial charge >= 0.3 is 0 Å². The van der Waals surface area contributed by atoms with E-state index in [1.165, 1.54) is 17.2 Å². The van der Waals surface area contributed by atoms with E-state index in [9.17, 15) is 19.8 Å². The number of aromatic nitrogens is 1. The summed E-state index contributed by atoms with van der Waals surface area (Å²) in [5.74, 6) is -0.617. The summed E-state index contributed by atoms with van der Waals surface area (Å²) >= 11 is 1.15. The third-order valence-electron chi connectivity index (χ3n) is 2.55. The molecule has 2 rings (SSSR count). The largest absolute Gasteiger partial charge is 0.388 e. The van der Waals surface area contributed by atoms with Gasteiger partial charge in [0.25, 0.3) is 5.91 Å². The Labute approximate surface area is 107 Å². The molecule has 2 atom stereocenters. The zero-order chi connectivity index (χ0) is 13.3. The Morgan fingerprint density at radius 3 is 2.61 bits per heavy atom. The second-order valence-corrected chi connectivity index (χ2v) is 4.92. The number of carbonyl (C=O) groups excluding carboxylic acids is 2. The molecule has 0 aliphatic carbocycles. The highest BCUT2D eigenvalue weighted by Gasteiger charge is 2.33. The first-order chi connectivity index (χ1) is 8.47. The van der Waals surface area contributed by atoms with Gasteiger partial charge in [0.1, 0.15) is 5.69 Å². The van der Waals surface area contributed by atoms with Crippen LogP contribution in [0.4, 0.5) is 5.13 Å². The van der Waals surface area contributed by atoms with Crippen LogP contribution in [0.5, 0.6) is 0 Å². The van der Waals surface area contributed by atoms with E-state index in [4.69, 9.17) is 0 Å². The predicted molar refractivity (Wildman–Crippen MR) is 64.3 cm³/mol. The predicted octanol–water partition coefficient (Wildman–Crippen LogP) is -0.721. The van der Waals surface area contributed by atoms with Crippen LogP contribution in [0.3, 0.4) is 0 Å². The molecule has 0 bridgehead atoms. The van der Waals surface area contributed by atoms with E-state index in [-0.39, 0.29) is 30.6 Å². The fraction of sp³-hybridized carbons (Fsp3) is 0.500. The number of β-amino-alcohol motifs (C(OH)–C–C–N with tert-alkyl or cyclic N) is 2. The van der Waals surface area contributed by atoms with Gasteiger partial charge in [-0.1, -0.05) is 0 Å². The summed E-state index contributed by atoms with van der Waals surface area (Å²) in [7, 11) is 0. The van der Waals surface area contributed by atoms with Crippen LogP contribution >= 0.6 is 11.3 Å². The number of anilines is 1. The maximum atomic E-state index is 12.0. The maximum absolute atomic E-state index is 12.0. The molecule has 1 aromatic heterocycles. The van der Waals surface area contributed by atoms with Crippen molar-refractivity contribution in [1.29, 1.82) is 0 Å². The minimum Gasteiger partial charge on any atom is -0.388 e. The molecule has 1 aliphatic heterocycles. The normalized spacial score (nSPS) is 23.2. The van der Waals surface area contributed by atoms with Crippen LogP contribution in [0.15, 0.2) is 5.38 Å². The monoisotopic (exact) mass is 271 g/mol. The van der Waals surface area contributed by atoms with Crippen molar-refractivity contribution in [2.24, 2.45) is 0 Å². The van der Waals surface area contributed by atoms with Gasteiger partial charge in [0.2, 0.25) is 5.91 Å². The van der Waals surface area contributed by atoms with Crippen LogP contribution in [0.2, 0.25) is 0 Å². The quantitative estimate of drug-likeness (QED) is 0.658. The van der Waals surface area contributed by atoms with Crippen molar-refractivity contribution in [3.8, 4) is 0 Å². The van der Waals surface area contributed by atoms with Crippen LogP contribution in [0.1, 0.15) is 17.4 Å². The summed E-state index contributed by atoms with van der Waals surface area (Å²) in [6.07, 6.45) is -1.83. The topological polar surface area (TPSA) is 103 Å².